The molecule has 1 saturated heterocycles. The van der Waals surface area contributed by atoms with Crippen molar-refractivity contribution in [3.8, 4) is 5.75 Å². The van der Waals surface area contributed by atoms with Crippen LogP contribution in [0, 0.1) is 5.82 Å². The topological polar surface area (TPSA) is 69.6 Å². The summed E-state index contributed by atoms with van der Waals surface area (Å²) in [4.78, 5) is 25.3. The fourth-order valence-corrected chi connectivity index (χ4v) is 2.20. The number of phenolic OH excluding ortho intramolecular Hbond substituents is 1. The van der Waals surface area contributed by atoms with E-state index < -0.39 is 17.5 Å². The van der Waals surface area contributed by atoms with Crippen LogP contribution in [-0.4, -0.2) is 41.5 Å². The lowest BCUT2D eigenvalue weighted by atomic mass is 10.2. The summed E-state index contributed by atoms with van der Waals surface area (Å²) >= 11 is 0. The molecular weight excluding hydrogens is 263 g/mol. The maximum atomic E-state index is 12.8. The van der Waals surface area contributed by atoms with Crippen LogP contribution in [0.25, 0.3) is 0 Å². The third-order valence-corrected chi connectivity index (χ3v) is 3.29. The molecule has 0 atom stereocenters. The zero-order chi connectivity index (χ0) is 14.5. The SMILES string of the molecule is O=C(NCCC(=O)N1CCCC1)c1ccc(F)cc1O. The molecule has 5 nitrogen and oxygen atoms in total. The van der Waals surface area contributed by atoms with E-state index in [-0.39, 0.29) is 24.4 Å². The number of hydrogen-bond donors (Lipinski definition) is 2. The van der Waals surface area contributed by atoms with Crippen molar-refractivity contribution < 1.29 is 19.1 Å². The zero-order valence-corrected chi connectivity index (χ0v) is 11.1. The Hall–Kier alpha value is -2.11. The van der Waals surface area contributed by atoms with Gasteiger partial charge >= 0.3 is 0 Å². The first-order chi connectivity index (χ1) is 9.58. The highest BCUT2D eigenvalue weighted by atomic mass is 19.1. The van der Waals surface area contributed by atoms with Gasteiger partial charge in [-0.3, -0.25) is 9.59 Å². The van der Waals surface area contributed by atoms with Gasteiger partial charge in [-0.25, -0.2) is 4.39 Å². The molecule has 0 bridgehead atoms. The molecule has 20 heavy (non-hydrogen) atoms. The van der Waals surface area contributed by atoms with Gasteiger partial charge in [0.25, 0.3) is 5.91 Å². The van der Waals surface area contributed by atoms with Crippen LogP contribution in [0.1, 0.15) is 29.6 Å². The number of aromatic hydroxyl groups is 1. The second-order valence-electron chi connectivity index (χ2n) is 4.76. The predicted octanol–water partition coefficient (Wildman–Crippen LogP) is 1.27. The molecular formula is C14H17FN2O3. The number of likely N-dealkylation sites (tertiary alicyclic amines) is 1. The summed E-state index contributed by atoms with van der Waals surface area (Å²) in [7, 11) is 0. The molecule has 0 saturated carbocycles. The van der Waals surface area contributed by atoms with Crippen molar-refractivity contribution in [2.24, 2.45) is 0 Å². The molecule has 1 aromatic rings. The van der Waals surface area contributed by atoms with E-state index >= 15 is 0 Å². The Balaban J connectivity index is 1.81. The number of amides is 2. The van der Waals surface area contributed by atoms with Crippen molar-refractivity contribution in [2.75, 3.05) is 19.6 Å². The fraction of sp³-hybridized carbons (Fsp3) is 0.429. The minimum absolute atomic E-state index is 0.0000199. The van der Waals surface area contributed by atoms with Crippen LogP contribution in [-0.2, 0) is 4.79 Å². The average Bonchev–Trinajstić information content (AvgIpc) is 2.92. The molecule has 1 aliphatic rings. The Labute approximate surface area is 116 Å². The van der Waals surface area contributed by atoms with Crippen LogP contribution in [0.2, 0.25) is 0 Å². The van der Waals surface area contributed by atoms with Gasteiger partial charge in [-0.2, -0.15) is 0 Å². The maximum absolute atomic E-state index is 12.8. The summed E-state index contributed by atoms with van der Waals surface area (Å²) in [5, 5.41) is 12.0. The molecule has 1 aromatic carbocycles. The van der Waals surface area contributed by atoms with Crippen molar-refractivity contribution in [3.05, 3.63) is 29.6 Å². The second kappa shape index (κ2) is 6.36. The first kappa shape index (κ1) is 14.3. The van der Waals surface area contributed by atoms with Gasteiger partial charge in [0.05, 0.1) is 5.56 Å². The van der Waals surface area contributed by atoms with Gasteiger partial charge in [0.1, 0.15) is 11.6 Å². The number of carbonyl (C=O) groups excluding carboxylic acids is 2. The van der Waals surface area contributed by atoms with E-state index in [1.165, 1.54) is 6.07 Å². The second-order valence-corrected chi connectivity index (χ2v) is 4.76. The van der Waals surface area contributed by atoms with E-state index in [0.29, 0.717) is 0 Å². The largest absolute Gasteiger partial charge is 0.507 e. The molecule has 1 fully saturated rings. The van der Waals surface area contributed by atoms with Crippen LogP contribution < -0.4 is 5.32 Å². The molecule has 1 aliphatic heterocycles. The molecule has 0 aromatic heterocycles. The van der Waals surface area contributed by atoms with Gasteiger partial charge in [0.15, 0.2) is 0 Å². The molecule has 0 aliphatic carbocycles. The number of phenols is 1. The van der Waals surface area contributed by atoms with Crippen molar-refractivity contribution in [1.29, 1.82) is 0 Å². The van der Waals surface area contributed by atoms with Crippen molar-refractivity contribution in [3.63, 3.8) is 0 Å². The number of nitrogens with one attached hydrogen (secondary N) is 1. The number of benzene rings is 1. The summed E-state index contributed by atoms with van der Waals surface area (Å²) < 4.78 is 12.8. The highest BCUT2D eigenvalue weighted by Gasteiger charge is 2.18. The van der Waals surface area contributed by atoms with Crippen LogP contribution >= 0.6 is 0 Å². The summed E-state index contributed by atoms with van der Waals surface area (Å²) in [5.74, 6) is -1.51. The molecule has 108 valence electrons. The van der Waals surface area contributed by atoms with Gasteiger partial charge in [-0.05, 0) is 25.0 Å². The molecule has 0 spiro atoms. The number of carbonyl (C=O) groups is 2. The van der Waals surface area contributed by atoms with E-state index in [1.807, 2.05) is 0 Å². The number of nitrogens with zero attached hydrogens (tertiary/aromatic N) is 1. The van der Waals surface area contributed by atoms with E-state index in [9.17, 15) is 19.1 Å². The van der Waals surface area contributed by atoms with Crippen LogP contribution in [0.5, 0.6) is 5.75 Å². The monoisotopic (exact) mass is 280 g/mol. The zero-order valence-electron chi connectivity index (χ0n) is 11.1. The summed E-state index contributed by atoms with van der Waals surface area (Å²) in [5.41, 5.74) is 0.0000199. The summed E-state index contributed by atoms with van der Waals surface area (Å²) in [6.45, 7) is 1.77. The number of halogens is 1. The Bertz CT molecular complexity index is 513. The molecule has 0 unspecified atom stereocenters. The van der Waals surface area contributed by atoms with Crippen molar-refractivity contribution in [2.45, 2.75) is 19.3 Å². The number of rotatable bonds is 4. The smallest absolute Gasteiger partial charge is 0.255 e. The minimum Gasteiger partial charge on any atom is -0.507 e. The molecule has 6 heteroatoms. The average molecular weight is 280 g/mol. The molecule has 2 rings (SSSR count). The van der Waals surface area contributed by atoms with Gasteiger partial charge < -0.3 is 15.3 Å². The Morgan fingerprint density at radius 1 is 1.30 bits per heavy atom. The molecule has 1 heterocycles. The lowest BCUT2D eigenvalue weighted by Crippen LogP contribution is -2.32. The lowest BCUT2D eigenvalue weighted by molar-refractivity contribution is -0.129. The Kier molecular flexibility index (Phi) is 4.55. The van der Waals surface area contributed by atoms with E-state index in [1.54, 1.807) is 4.90 Å². The van der Waals surface area contributed by atoms with Crippen LogP contribution in [0.15, 0.2) is 18.2 Å². The van der Waals surface area contributed by atoms with Crippen LogP contribution in [0.3, 0.4) is 0 Å². The minimum atomic E-state index is -0.608. The molecule has 2 amide bonds. The van der Waals surface area contributed by atoms with Crippen LogP contribution in [0.4, 0.5) is 4.39 Å². The predicted molar refractivity (Wildman–Crippen MR) is 70.8 cm³/mol. The maximum Gasteiger partial charge on any atom is 0.255 e. The van der Waals surface area contributed by atoms with Crippen molar-refractivity contribution in [1.82, 2.24) is 10.2 Å². The number of hydrogen-bond acceptors (Lipinski definition) is 3. The van der Waals surface area contributed by atoms with Gasteiger partial charge in [-0.15, -0.1) is 0 Å². The Morgan fingerprint density at radius 3 is 2.65 bits per heavy atom. The Morgan fingerprint density at radius 2 is 2.00 bits per heavy atom. The standard InChI is InChI=1S/C14H17FN2O3/c15-10-3-4-11(12(18)9-10)14(20)16-6-5-13(19)17-7-1-2-8-17/h3-4,9,18H,1-2,5-8H2,(H,16,20). The van der Waals surface area contributed by atoms with Gasteiger partial charge in [0, 0.05) is 32.1 Å². The third kappa shape index (κ3) is 3.46. The first-order valence-electron chi connectivity index (χ1n) is 6.62. The molecule has 2 N–H and O–H groups in total. The van der Waals surface area contributed by atoms with E-state index in [4.69, 9.17) is 0 Å². The summed E-state index contributed by atoms with van der Waals surface area (Å²) in [6.07, 6.45) is 2.29. The quantitative estimate of drug-likeness (QED) is 0.872. The van der Waals surface area contributed by atoms with Gasteiger partial charge in [-0.1, -0.05) is 0 Å². The summed E-state index contributed by atoms with van der Waals surface area (Å²) in [6, 6.07) is 3.19. The lowest BCUT2D eigenvalue weighted by Gasteiger charge is -2.15. The highest BCUT2D eigenvalue weighted by Crippen LogP contribution is 2.17. The highest BCUT2D eigenvalue weighted by molar-refractivity contribution is 5.96. The van der Waals surface area contributed by atoms with E-state index in [2.05, 4.69) is 5.32 Å². The normalized spacial score (nSPS) is 14.3. The van der Waals surface area contributed by atoms with Crippen molar-refractivity contribution >= 4 is 11.8 Å². The van der Waals surface area contributed by atoms with Gasteiger partial charge in [0.2, 0.25) is 5.91 Å². The van der Waals surface area contributed by atoms with E-state index in [0.717, 1.165) is 38.1 Å². The first-order valence-corrected chi connectivity index (χ1v) is 6.62. The molecule has 0 radical (unpaired) electrons. The third-order valence-electron chi connectivity index (χ3n) is 3.29. The fourth-order valence-electron chi connectivity index (χ4n) is 2.20.